The Morgan fingerprint density at radius 2 is 1.68 bits per heavy atom. The molecule has 0 saturated carbocycles. The number of fused-ring (bicyclic) bond motifs is 3. The number of carbonyl (C=O) groups is 2. The number of hydrogen-bond acceptors (Lipinski definition) is 8. The van der Waals surface area contributed by atoms with Crippen molar-refractivity contribution in [1.82, 2.24) is 9.80 Å². The number of rotatable bonds is 4. The molecule has 0 aromatic heterocycles. The molecule has 3 fully saturated rings. The fourth-order valence-electron chi connectivity index (χ4n) is 3.16. The Hall–Kier alpha value is -1.30. The Bertz CT molecular complexity index is 532. The molecule has 3 saturated heterocycles. The zero-order valence-corrected chi connectivity index (χ0v) is 14.7. The normalized spacial score (nSPS) is 39.6. The van der Waals surface area contributed by atoms with Gasteiger partial charge in [-0.15, -0.1) is 0 Å². The van der Waals surface area contributed by atoms with E-state index in [9.17, 15) is 14.7 Å². The summed E-state index contributed by atoms with van der Waals surface area (Å²) in [4.78, 5) is 26.5. The lowest BCUT2D eigenvalue weighted by Crippen LogP contribution is -2.52. The number of nitrogens with zero attached hydrogens (tertiary/aromatic N) is 2. The van der Waals surface area contributed by atoms with E-state index in [4.69, 9.17) is 23.7 Å². The lowest BCUT2D eigenvalue weighted by atomic mass is 10.0. The minimum Gasteiger partial charge on any atom is -0.394 e. The van der Waals surface area contributed by atoms with Crippen LogP contribution in [0.4, 0.5) is 0 Å². The summed E-state index contributed by atoms with van der Waals surface area (Å²) in [6, 6.07) is 0. The maximum atomic E-state index is 12.5. The molecule has 3 aliphatic heterocycles. The smallest absolute Gasteiger partial charge is 0.280 e. The first-order valence-corrected chi connectivity index (χ1v) is 8.16. The molecule has 0 radical (unpaired) electrons. The molecule has 3 aliphatic rings. The van der Waals surface area contributed by atoms with Gasteiger partial charge in [-0.2, -0.15) is 0 Å². The molecule has 0 aliphatic carbocycles. The highest BCUT2D eigenvalue weighted by molar-refractivity contribution is 5.80. The Kier molecular flexibility index (Phi) is 5.28. The van der Waals surface area contributed by atoms with Gasteiger partial charge in [0.2, 0.25) is 12.2 Å². The van der Waals surface area contributed by atoms with Gasteiger partial charge in [0.05, 0.1) is 13.3 Å². The van der Waals surface area contributed by atoms with E-state index in [0.717, 1.165) is 0 Å². The van der Waals surface area contributed by atoms with E-state index in [1.807, 2.05) is 0 Å². The van der Waals surface area contributed by atoms with Crippen LogP contribution in [0, 0.1) is 0 Å². The number of ether oxygens (including phenoxy) is 5. The molecule has 7 unspecified atom stereocenters. The van der Waals surface area contributed by atoms with Crippen molar-refractivity contribution in [2.24, 2.45) is 0 Å². The van der Waals surface area contributed by atoms with E-state index in [0.29, 0.717) is 0 Å². The molecule has 7 atom stereocenters. The van der Waals surface area contributed by atoms with Crippen LogP contribution in [-0.4, -0.2) is 97.4 Å². The minimum atomic E-state index is -1.13. The SMILES string of the molecule is CC(=O)N(C)CN(C)C(=O)C1OC2OC3C(CO)OC(C)OC3C2O1. The molecule has 0 bridgehead atoms. The van der Waals surface area contributed by atoms with Crippen molar-refractivity contribution in [1.29, 1.82) is 0 Å². The quantitative estimate of drug-likeness (QED) is 0.602. The number of carbonyl (C=O) groups excluding carboxylic acids is 2. The summed E-state index contributed by atoms with van der Waals surface area (Å²) >= 11 is 0. The molecule has 0 aromatic carbocycles. The highest BCUT2D eigenvalue weighted by Gasteiger charge is 2.59. The van der Waals surface area contributed by atoms with Gasteiger partial charge in [0, 0.05) is 21.0 Å². The summed E-state index contributed by atoms with van der Waals surface area (Å²) in [6.45, 7) is 3.04. The van der Waals surface area contributed by atoms with Crippen molar-refractivity contribution >= 4 is 11.8 Å². The topological polar surface area (TPSA) is 107 Å². The minimum absolute atomic E-state index is 0.119. The first kappa shape index (κ1) is 18.5. The van der Waals surface area contributed by atoms with Crippen molar-refractivity contribution in [2.45, 2.75) is 57.1 Å². The summed E-state index contributed by atoms with van der Waals surface area (Å²) < 4.78 is 28.2. The van der Waals surface area contributed by atoms with Crippen LogP contribution in [0.25, 0.3) is 0 Å². The van der Waals surface area contributed by atoms with E-state index in [1.54, 1.807) is 21.0 Å². The van der Waals surface area contributed by atoms with E-state index in [2.05, 4.69) is 0 Å². The lowest BCUT2D eigenvalue weighted by Gasteiger charge is -2.37. The largest absolute Gasteiger partial charge is 0.394 e. The van der Waals surface area contributed by atoms with Gasteiger partial charge >= 0.3 is 0 Å². The average Bonchev–Trinajstić information content (AvgIpc) is 3.11. The third-order valence-electron chi connectivity index (χ3n) is 4.55. The summed E-state index contributed by atoms with van der Waals surface area (Å²) in [5, 5.41) is 9.43. The summed E-state index contributed by atoms with van der Waals surface area (Å²) in [7, 11) is 3.15. The van der Waals surface area contributed by atoms with Gasteiger partial charge in [-0.1, -0.05) is 0 Å². The van der Waals surface area contributed by atoms with Gasteiger partial charge in [0.15, 0.2) is 12.6 Å². The molecule has 10 nitrogen and oxygen atoms in total. The first-order valence-electron chi connectivity index (χ1n) is 8.16. The maximum absolute atomic E-state index is 12.5. The van der Waals surface area contributed by atoms with Gasteiger partial charge in [-0.3, -0.25) is 9.59 Å². The molecule has 25 heavy (non-hydrogen) atoms. The van der Waals surface area contributed by atoms with Gasteiger partial charge in [-0.25, -0.2) is 0 Å². The van der Waals surface area contributed by atoms with Gasteiger partial charge < -0.3 is 38.6 Å². The standard InChI is InChI=1S/C15H24N2O8/c1-7(19)16(3)6-17(4)13(20)15-24-12-11-10(23-14(12)25-15)9(5-18)21-8(2)22-11/h8-12,14-15,18H,5-6H2,1-4H3. The molecule has 0 spiro atoms. The van der Waals surface area contributed by atoms with E-state index in [1.165, 1.54) is 16.7 Å². The average molecular weight is 360 g/mol. The van der Waals surface area contributed by atoms with Gasteiger partial charge in [-0.05, 0) is 6.92 Å². The van der Waals surface area contributed by atoms with Crippen molar-refractivity contribution in [3.8, 4) is 0 Å². The Labute approximate surface area is 145 Å². The van der Waals surface area contributed by atoms with E-state index in [-0.39, 0.29) is 19.2 Å². The second kappa shape index (κ2) is 7.14. The van der Waals surface area contributed by atoms with E-state index < -0.39 is 49.2 Å². The monoisotopic (exact) mass is 360 g/mol. The van der Waals surface area contributed by atoms with Crippen LogP contribution in [0.1, 0.15) is 13.8 Å². The predicted molar refractivity (Wildman–Crippen MR) is 80.8 cm³/mol. The molecule has 0 aromatic rings. The zero-order valence-electron chi connectivity index (χ0n) is 14.7. The fraction of sp³-hybridized carbons (Fsp3) is 0.867. The highest BCUT2D eigenvalue weighted by atomic mass is 16.8. The molecule has 10 heteroatoms. The lowest BCUT2D eigenvalue weighted by molar-refractivity contribution is -0.294. The molecule has 1 N–H and O–H groups in total. The number of amides is 2. The number of aliphatic hydroxyl groups is 1. The number of likely N-dealkylation sites (N-methyl/N-ethyl adjacent to an activating group) is 1. The van der Waals surface area contributed by atoms with Crippen LogP contribution in [-0.2, 0) is 33.3 Å². The fourth-order valence-corrected chi connectivity index (χ4v) is 3.16. The zero-order chi connectivity index (χ0) is 18.3. The van der Waals surface area contributed by atoms with Crippen molar-refractivity contribution in [2.75, 3.05) is 27.4 Å². The van der Waals surface area contributed by atoms with Crippen molar-refractivity contribution < 1.29 is 38.4 Å². The second-order valence-electron chi connectivity index (χ2n) is 6.46. The Balaban J connectivity index is 1.61. The second-order valence-corrected chi connectivity index (χ2v) is 6.46. The third-order valence-corrected chi connectivity index (χ3v) is 4.55. The molecule has 3 heterocycles. The molecule has 142 valence electrons. The van der Waals surface area contributed by atoms with Crippen molar-refractivity contribution in [3.05, 3.63) is 0 Å². The number of aliphatic hydroxyl groups excluding tert-OH is 1. The molecule has 2 amide bonds. The van der Waals surface area contributed by atoms with Gasteiger partial charge in [0.25, 0.3) is 5.91 Å². The predicted octanol–water partition coefficient (Wildman–Crippen LogP) is -1.53. The summed E-state index contributed by atoms with van der Waals surface area (Å²) in [6.07, 6.45) is -4.55. The van der Waals surface area contributed by atoms with Crippen LogP contribution in [0.2, 0.25) is 0 Å². The summed E-state index contributed by atoms with van der Waals surface area (Å²) in [5.74, 6) is -0.572. The number of hydrogen-bond donors (Lipinski definition) is 1. The van der Waals surface area contributed by atoms with Crippen LogP contribution in [0.15, 0.2) is 0 Å². The van der Waals surface area contributed by atoms with Crippen LogP contribution in [0.3, 0.4) is 0 Å². The summed E-state index contributed by atoms with van der Waals surface area (Å²) in [5.41, 5.74) is 0. The third kappa shape index (κ3) is 3.50. The molecular weight excluding hydrogens is 336 g/mol. The molecular formula is C15H24N2O8. The van der Waals surface area contributed by atoms with Gasteiger partial charge in [0.1, 0.15) is 24.4 Å². The highest BCUT2D eigenvalue weighted by Crippen LogP contribution is 2.39. The van der Waals surface area contributed by atoms with Crippen LogP contribution < -0.4 is 0 Å². The van der Waals surface area contributed by atoms with Crippen LogP contribution >= 0.6 is 0 Å². The Morgan fingerprint density at radius 1 is 0.960 bits per heavy atom. The Morgan fingerprint density at radius 3 is 2.32 bits per heavy atom. The van der Waals surface area contributed by atoms with Crippen molar-refractivity contribution in [3.63, 3.8) is 0 Å². The van der Waals surface area contributed by atoms with Crippen LogP contribution in [0.5, 0.6) is 0 Å². The molecule has 3 rings (SSSR count). The maximum Gasteiger partial charge on any atom is 0.280 e. The first-order chi connectivity index (χ1) is 11.8. The van der Waals surface area contributed by atoms with E-state index >= 15 is 0 Å².